The highest BCUT2D eigenvalue weighted by Gasteiger charge is 2.39. The quantitative estimate of drug-likeness (QED) is 0.784. The van der Waals surface area contributed by atoms with Crippen molar-refractivity contribution >= 4 is 11.7 Å². The van der Waals surface area contributed by atoms with Crippen LogP contribution in [0.2, 0.25) is 0 Å². The van der Waals surface area contributed by atoms with Crippen molar-refractivity contribution in [3.05, 3.63) is 35.4 Å². The van der Waals surface area contributed by atoms with Gasteiger partial charge in [-0.25, -0.2) is 0 Å². The van der Waals surface area contributed by atoms with Gasteiger partial charge >= 0.3 is 12.1 Å². The monoisotopic (exact) mass is 285 g/mol. The highest BCUT2D eigenvalue weighted by molar-refractivity contribution is 6.06. The van der Waals surface area contributed by atoms with Gasteiger partial charge in [0.1, 0.15) is 0 Å². The van der Waals surface area contributed by atoms with E-state index in [1.807, 2.05) is 0 Å². The predicted molar refractivity (Wildman–Crippen MR) is 67.5 cm³/mol. The second-order valence-electron chi connectivity index (χ2n) is 4.69. The number of aliphatic imine (C=N–C) groups is 1. The van der Waals surface area contributed by atoms with Crippen LogP contribution in [0.4, 0.5) is 13.2 Å². The average molecular weight is 285 g/mol. The van der Waals surface area contributed by atoms with E-state index in [2.05, 4.69) is 9.73 Å². The second-order valence-corrected chi connectivity index (χ2v) is 4.69. The summed E-state index contributed by atoms with van der Waals surface area (Å²) >= 11 is 0. The molecule has 20 heavy (non-hydrogen) atoms. The Labute approximate surface area is 114 Å². The molecule has 0 radical (unpaired) electrons. The lowest BCUT2D eigenvalue weighted by Crippen LogP contribution is -2.26. The standard InChI is InChI=1S/C14H14F3NO2/c1-8-10(13(19)20-2)7-18-12(8)9-5-3-4-6-11(9)14(15,16)17/h3-6,8,10H,7H2,1-2H3. The van der Waals surface area contributed by atoms with Gasteiger partial charge in [0.05, 0.1) is 25.1 Å². The van der Waals surface area contributed by atoms with E-state index in [-0.39, 0.29) is 12.1 Å². The van der Waals surface area contributed by atoms with Crippen LogP contribution in [0.3, 0.4) is 0 Å². The van der Waals surface area contributed by atoms with E-state index in [1.165, 1.54) is 25.3 Å². The van der Waals surface area contributed by atoms with Crippen molar-refractivity contribution in [2.24, 2.45) is 16.8 Å². The molecule has 0 aromatic heterocycles. The van der Waals surface area contributed by atoms with E-state index in [0.29, 0.717) is 5.71 Å². The van der Waals surface area contributed by atoms with Crippen LogP contribution in [-0.4, -0.2) is 25.3 Å². The van der Waals surface area contributed by atoms with Gasteiger partial charge in [0, 0.05) is 17.2 Å². The maximum absolute atomic E-state index is 13.0. The number of hydrogen-bond donors (Lipinski definition) is 0. The summed E-state index contributed by atoms with van der Waals surface area (Å²) < 4.78 is 43.7. The van der Waals surface area contributed by atoms with E-state index in [4.69, 9.17) is 0 Å². The zero-order chi connectivity index (χ0) is 14.9. The Morgan fingerprint density at radius 3 is 2.60 bits per heavy atom. The first-order valence-electron chi connectivity index (χ1n) is 6.15. The SMILES string of the molecule is COC(=O)C1CN=C(c2ccccc2C(F)(F)F)C1C. The molecule has 2 unspecified atom stereocenters. The van der Waals surface area contributed by atoms with Crippen LogP contribution in [0.1, 0.15) is 18.1 Å². The number of benzene rings is 1. The maximum Gasteiger partial charge on any atom is 0.417 e. The molecular formula is C14H14F3NO2. The average Bonchev–Trinajstić information content (AvgIpc) is 2.78. The van der Waals surface area contributed by atoms with E-state index in [1.54, 1.807) is 6.92 Å². The topological polar surface area (TPSA) is 38.7 Å². The van der Waals surface area contributed by atoms with Crippen molar-refractivity contribution < 1.29 is 22.7 Å². The normalized spacial score (nSPS) is 22.6. The molecule has 0 saturated heterocycles. The number of rotatable bonds is 2. The van der Waals surface area contributed by atoms with Crippen LogP contribution in [0.5, 0.6) is 0 Å². The zero-order valence-corrected chi connectivity index (χ0v) is 11.1. The summed E-state index contributed by atoms with van der Waals surface area (Å²) in [5, 5.41) is 0. The molecule has 6 heteroatoms. The molecule has 1 aliphatic heterocycles. The number of hydrogen-bond acceptors (Lipinski definition) is 3. The lowest BCUT2D eigenvalue weighted by atomic mass is 9.88. The second kappa shape index (κ2) is 5.26. The molecule has 0 N–H and O–H groups in total. The van der Waals surface area contributed by atoms with Gasteiger partial charge in [0.25, 0.3) is 0 Å². The highest BCUT2D eigenvalue weighted by atomic mass is 19.4. The molecule has 0 bridgehead atoms. The van der Waals surface area contributed by atoms with Gasteiger partial charge in [-0.3, -0.25) is 9.79 Å². The number of esters is 1. The first kappa shape index (κ1) is 14.6. The van der Waals surface area contributed by atoms with Crippen molar-refractivity contribution in [1.82, 2.24) is 0 Å². The van der Waals surface area contributed by atoms with Crippen molar-refractivity contribution in [2.45, 2.75) is 13.1 Å². The summed E-state index contributed by atoms with van der Waals surface area (Å²) in [4.78, 5) is 15.7. The van der Waals surface area contributed by atoms with Gasteiger partial charge in [0.15, 0.2) is 0 Å². The van der Waals surface area contributed by atoms with Gasteiger partial charge in [-0.05, 0) is 6.07 Å². The van der Waals surface area contributed by atoms with Crippen LogP contribution in [0, 0.1) is 11.8 Å². The third kappa shape index (κ3) is 2.55. The van der Waals surface area contributed by atoms with Gasteiger partial charge in [-0.1, -0.05) is 25.1 Å². The number of halogens is 3. The predicted octanol–water partition coefficient (Wildman–Crippen LogP) is 2.93. The molecule has 0 saturated carbocycles. The highest BCUT2D eigenvalue weighted by Crippen LogP contribution is 2.35. The van der Waals surface area contributed by atoms with E-state index in [0.717, 1.165) is 6.07 Å². The van der Waals surface area contributed by atoms with E-state index < -0.39 is 29.5 Å². The van der Waals surface area contributed by atoms with Crippen LogP contribution >= 0.6 is 0 Å². The minimum absolute atomic E-state index is 0.0407. The van der Waals surface area contributed by atoms with Gasteiger partial charge in [0.2, 0.25) is 0 Å². The maximum atomic E-state index is 13.0. The van der Waals surface area contributed by atoms with Crippen molar-refractivity contribution in [3.63, 3.8) is 0 Å². The number of carbonyl (C=O) groups excluding carboxylic acids is 1. The Hall–Kier alpha value is -1.85. The van der Waals surface area contributed by atoms with Crippen LogP contribution in [0.15, 0.2) is 29.3 Å². The molecule has 1 aromatic rings. The fourth-order valence-electron chi connectivity index (χ4n) is 2.40. The minimum atomic E-state index is -4.44. The molecular weight excluding hydrogens is 271 g/mol. The summed E-state index contributed by atoms with van der Waals surface area (Å²) in [6.07, 6.45) is -4.44. The number of carbonyl (C=O) groups is 1. The molecule has 2 rings (SSSR count). The summed E-state index contributed by atoms with van der Waals surface area (Å²) in [6, 6.07) is 5.28. The summed E-state index contributed by atoms with van der Waals surface area (Å²) in [5.74, 6) is -1.36. The third-order valence-electron chi connectivity index (χ3n) is 3.51. The Morgan fingerprint density at radius 1 is 1.35 bits per heavy atom. The number of nitrogens with zero attached hydrogens (tertiary/aromatic N) is 1. The van der Waals surface area contributed by atoms with E-state index >= 15 is 0 Å². The Balaban J connectivity index is 2.37. The summed E-state index contributed by atoms with van der Waals surface area (Å²) in [6.45, 7) is 1.86. The molecule has 1 aliphatic rings. The Bertz CT molecular complexity index is 552. The summed E-state index contributed by atoms with van der Waals surface area (Å²) in [5.41, 5.74) is -0.372. The van der Waals surface area contributed by atoms with Gasteiger partial charge < -0.3 is 4.74 Å². The molecule has 0 fully saturated rings. The molecule has 1 heterocycles. The first-order valence-corrected chi connectivity index (χ1v) is 6.15. The smallest absolute Gasteiger partial charge is 0.417 e. The Kier molecular flexibility index (Phi) is 3.83. The minimum Gasteiger partial charge on any atom is -0.469 e. The third-order valence-corrected chi connectivity index (χ3v) is 3.51. The molecule has 0 amide bonds. The lowest BCUT2D eigenvalue weighted by molar-refractivity contribution is -0.145. The fourth-order valence-corrected chi connectivity index (χ4v) is 2.40. The number of ether oxygens (including phenoxy) is 1. The molecule has 0 spiro atoms. The zero-order valence-electron chi connectivity index (χ0n) is 11.1. The molecule has 108 valence electrons. The van der Waals surface area contributed by atoms with E-state index in [9.17, 15) is 18.0 Å². The molecule has 2 atom stereocenters. The van der Waals surface area contributed by atoms with Gasteiger partial charge in [-0.2, -0.15) is 13.2 Å². The molecule has 1 aromatic carbocycles. The largest absolute Gasteiger partial charge is 0.469 e. The van der Waals surface area contributed by atoms with Gasteiger partial charge in [-0.15, -0.1) is 0 Å². The van der Waals surface area contributed by atoms with Crippen molar-refractivity contribution in [2.75, 3.05) is 13.7 Å². The first-order chi connectivity index (χ1) is 9.36. The van der Waals surface area contributed by atoms with Crippen LogP contribution < -0.4 is 0 Å². The van der Waals surface area contributed by atoms with Crippen LogP contribution in [-0.2, 0) is 15.7 Å². The fraction of sp³-hybridized carbons (Fsp3) is 0.429. The molecule has 3 nitrogen and oxygen atoms in total. The Morgan fingerprint density at radius 2 is 2.00 bits per heavy atom. The van der Waals surface area contributed by atoms with Crippen molar-refractivity contribution in [3.8, 4) is 0 Å². The van der Waals surface area contributed by atoms with Crippen LogP contribution in [0.25, 0.3) is 0 Å². The summed E-state index contributed by atoms with van der Waals surface area (Å²) in [7, 11) is 1.26. The number of alkyl halides is 3. The lowest BCUT2D eigenvalue weighted by Gasteiger charge is -2.17. The van der Waals surface area contributed by atoms with Crippen molar-refractivity contribution in [1.29, 1.82) is 0 Å². The number of methoxy groups -OCH3 is 1. The molecule has 0 aliphatic carbocycles.